The molecule has 6 heteroatoms. The number of nitroso groups, excluding NO2 is 1. The van der Waals surface area contributed by atoms with Gasteiger partial charge in [-0.3, -0.25) is 4.79 Å². The van der Waals surface area contributed by atoms with E-state index in [4.69, 9.17) is 11.9 Å². The molecule has 1 amide bonds. The van der Waals surface area contributed by atoms with Gasteiger partial charge in [-0.05, 0) is 41.6 Å². The van der Waals surface area contributed by atoms with E-state index in [1.165, 1.54) is 12.1 Å². The smallest absolute Gasteiger partial charge is 0.259 e. The molecule has 0 aromatic heterocycles. The van der Waals surface area contributed by atoms with Crippen molar-refractivity contribution < 1.29 is 9.08 Å². The zero-order valence-electron chi connectivity index (χ0n) is 9.67. The summed E-state index contributed by atoms with van der Waals surface area (Å²) in [7, 11) is 0. The number of carbonyl (C=O) groups excluding carboxylic acids is 1. The number of anilines is 1. The van der Waals surface area contributed by atoms with Gasteiger partial charge in [0.1, 0.15) is 17.6 Å². The van der Waals surface area contributed by atoms with Gasteiger partial charge < -0.3 is 9.61 Å². The number of nitrogens with one attached hydrogen (secondary N) is 1. The topological polar surface area (TPSA) is 67.8 Å². The summed E-state index contributed by atoms with van der Waals surface area (Å²) in [5.41, 5.74) is 1.15. The maximum atomic E-state index is 12.0. The van der Waals surface area contributed by atoms with E-state index < -0.39 is 0 Å². The molecule has 1 N–H and O–H groups in total. The molecule has 0 saturated carbocycles. The third-order valence-corrected chi connectivity index (χ3v) is 2.61. The summed E-state index contributed by atoms with van der Waals surface area (Å²) in [5.74, 6) is -0.0871. The average Bonchev–Trinajstić information content (AvgIpc) is 2.48. The molecular formula is C13H9ClN2O3. The van der Waals surface area contributed by atoms with Gasteiger partial charge in [0, 0.05) is 5.69 Å². The molecular weight excluding hydrogens is 268 g/mol. The average molecular weight is 277 g/mol. The molecule has 0 aliphatic rings. The highest BCUT2D eigenvalue weighted by Gasteiger charge is 2.12. The van der Waals surface area contributed by atoms with Gasteiger partial charge in [-0.25, -0.2) is 0 Å². The second-order valence-corrected chi connectivity index (χ2v) is 3.82. The van der Waals surface area contributed by atoms with Crippen molar-refractivity contribution in [1.29, 1.82) is 0 Å². The molecule has 0 bridgehead atoms. The summed E-state index contributed by atoms with van der Waals surface area (Å²) in [6, 6.07) is 12.8. The Kier molecular flexibility index (Phi) is 4.10. The number of hydrogen-bond donors (Lipinski definition) is 1. The fourth-order valence-corrected chi connectivity index (χ4v) is 1.66. The van der Waals surface area contributed by atoms with Crippen LogP contribution < -0.4 is 9.61 Å². The molecule has 2 aromatic carbocycles. The summed E-state index contributed by atoms with van der Waals surface area (Å²) < 4.78 is 4.60. The van der Waals surface area contributed by atoms with Crippen LogP contribution in [-0.4, -0.2) is 5.91 Å². The second-order valence-electron chi connectivity index (χ2n) is 3.67. The van der Waals surface area contributed by atoms with E-state index in [-0.39, 0.29) is 11.7 Å². The van der Waals surface area contributed by atoms with Crippen molar-refractivity contribution in [3.05, 3.63) is 59.0 Å². The lowest BCUT2D eigenvalue weighted by Gasteiger charge is -2.07. The minimum atomic E-state index is -0.358. The zero-order valence-corrected chi connectivity index (χ0v) is 10.4. The van der Waals surface area contributed by atoms with E-state index in [9.17, 15) is 9.70 Å². The van der Waals surface area contributed by atoms with Gasteiger partial charge in [-0.1, -0.05) is 12.1 Å². The molecule has 2 aromatic rings. The quantitative estimate of drug-likeness (QED) is 0.862. The molecule has 0 saturated heterocycles. The Bertz CT molecular complexity index is 599. The SMILES string of the molecule is O=Nc1ccc(NC(=O)c2ccccc2OCl)cc1. The van der Waals surface area contributed by atoms with Crippen molar-refractivity contribution in [2.24, 2.45) is 5.18 Å². The molecule has 96 valence electrons. The van der Waals surface area contributed by atoms with Gasteiger partial charge >= 0.3 is 0 Å². The highest BCUT2D eigenvalue weighted by molar-refractivity contribution is 6.11. The molecule has 0 aliphatic heterocycles. The first-order valence-electron chi connectivity index (χ1n) is 5.37. The van der Waals surface area contributed by atoms with Crippen molar-refractivity contribution >= 4 is 29.1 Å². The Morgan fingerprint density at radius 1 is 1.11 bits per heavy atom. The third kappa shape index (κ3) is 3.08. The van der Waals surface area contributed by atoms with E-state index in [0.29, 0.717) is 16.9 Å². The standard InChI is InChI=1S/C13H9ClN2O3/c14-19-12-4-2-1-3-11(12)13(17)15-9-5-7-10(16-18)8-6-9/h1-8H,(H,15,17). The predicted octanol–water partition coefficient (Wildman–Crippen LogP) is 3.87. The highest BCUT2D eigenvalue weighted by Crippen LogP contribution is 2.21. The number of rotatable bonds is 4. The summed E-state index contributed by atoms with van der Waals surface area (Å²) in [4.78, 5) is 22.3. The van der Waals surface area contributed by atoms with Crippen LogP contribution in [0.5, 0.6) is 5.75 Å². The third-order valence-electron chi connectivity index (χ3n) is 2.45. The fraction of sp³-hybridized carbons (Fsp3) is 0. The Morgan fingerprint density at radius 2 is 1.79 bits per heavy atom. The van der Waals surface area contributed by atoms with Crippen LogP contribution in [0.1, 0.15) is 10.4 Å². The van der Waals surface area contributed by atoms with Crippen LogP contribution in [0.3, 0.4) is 0 Å². The Hall–Kier alpha value is -2.40. The van der Waals surface area contributed by atoms with E-state index in [1.54, 1.807) is 36.4 Å². The normalized spacial score (nSPS) is 9.74. The summed E-state index contributed by atoms with van der Waals surface area (Å²) in [6.07, 6.45) is 0. The molecule has 0 spiro atoms. The largest absolute Gasteiger partial charge is 0.385 e. The number of benzene rings is 2. The van der Waals surface area contributed by atoms with Gasteiger partial charge in [0.15, 0.2) is 5.75 Å². The summed E-state index contributed by atoms with van der Waals surface area (Å²) in [6.45, 7) is 0. The van der Waals surface area contributed by atoms with Gasteiger partial charge in [-0.15, -0.1) is 4.91 Å². The molecule has 0 heterocycles. The number of amides is 1. The Labute approximate surface area is 114 Å². The Morgan fingerprint density at radius 3 is 2.42 bits per heavy atom. The van der Waals surface area contributed by atoms with Crippen LogP contribution in [0.2, 0.25) is 0 Å². The molecule has 0 atom stereocenters. The van der Waals surface area contributed by atoms with Crippen LogP contribution in [0.4, 0.5) is 11.4 Å². The maximum absolute atomic E-state index is 12.0. The lowest BCUT2D eigenvalue weighted by atomic mass is 10.2. The first-order chi connectivity index (χ1) is 9.24. The number of halogens is 1. The highest BCUT2D eigenvalue weighted by atomic mass is 35.5. The van der Waals surface area contributed by atoms with Crippen LogP contribution in [0.25, 0.3) is 0 Å². The summed E-state index contributed by atoms with van der Waals surface area (Å²) in [5, 5.41) is 5.44. The van der Waals surface area contributed by atoms with Gasteiger partial charge in [0.2, 0.25) is 0 Å². The van der Waals surface area contributed by atoms with E-state index in [1.807, 2.05) is 0 Å². The molecule has 19 heavy (non-hydrogen) atoms. The van der Waals surface area contributed by atoms with Gasteiger partial charge in [-0.2, -0.15) is 0 Å². The van der Waals surface area contributed by atoms with Crippen molar-refractivity contribution in [3.63, 3.8) is 0 Å². The van der Waals surface area contributed by atoms with E-state index in [0.717, 1.165) is 0 Å². The van der Waals surface area contributed by atoms with Crippen LogP contribution in [-0.2, 0) is 0 Å². The first kappa shape index (κ1) is 13.0. The Balaban J connectivity index is 2.18. The lowest BCUT2D eigenvalue weighted by molar-refractivity contribution is 0.102. The number of hydrogen-bond acceptors (Lipinski definition) is 4. The van der Waals surface area contributed by atoms with Gasteiger partial charge in [0.05, 0.1) is 5.56 Å². The number of carbonyl (C=O) groups is 1. The van der Waals surface area contributed by atoms with Crippen LogP contribution in [0, 0.1) is 4.91 Å². The molecule has 2 rings (SSSR count). The van der Waals surface area contributed by atoms with Gasteiger partial charge in [0.25, 0.3) is 5.91 Å². The maximum Gasteiger partial charge on any atom is 0.259 e. The minimum Gasteiger partial charge on any atom is -0.385 e. The van der Waals surface area contributed by atoms with Crippen LogP contribution in [0.15, 0.2) is 53.7 Å². The zero-order chi connectivity index (χ0) is 13.7. The monoisotopic (exact) mass is 276 g/mol. The number of nitrogens with zero attached hydrogens (tertiary/aromatic N) is 1. The van der Waals surface area contributed by atoms with E-state index >= 15 is 0 Å². The van der Waals surface area contributed by atoms with Crippen molar-refractivity contribution in [3.8, 4) is 5.75 Å². The number of para-hydroxylation sites is 1. The fourth-order valence-electron chi connectivity index (χ4n) is 1.53. The molecule has 0 aliphatic carbocycles. The molecule has 0 radical (unpaired) electrons. The van der Waals surface area contributed by atoms with Crippen LogP contribution >= 0.6 is 11.9 Å². The molecule has 0 unspecified atom stereocenters. The minimum absolute atomic E-state index is 0.271. The van der Waals surface area contributed by atoms with Crippen molar-refractivity contribution in [2.45, 2.75) is 0 Å². The molecule has 0 fully saturated rings. The predicted molar refractivity (Wildman–Crippen MR) is 72.8 cm³/mol. The second kappa shape index (κ2) is 5.97. The molecule has 5 nitrogen and oxygen atoms in total. The van der Waals surface area contributed by atoms with Crippen molar-refractivity contribution in [2.75, 3.05) is 5.32 Å². The summed E-state index contributed by atoms with van der Waals surface area (Å²) >= 11 is 5.29. The van der Waals surface area contributed by atoms with Crippen molar-refractivity contribution in [1.82, 2.24) is 0 Å². The lowest BCUT2D eigenvalue weighted by Crippen LogP contribution is -2.12. The van der Waals surface area contributed by atoms with E-state index in [2.05, 4.69) is 14.8 Å². The first-order valence-corrected chi connectivity index (χ1v) is 5.68.